The molecule has 174 valence electrons. The van der Waals surface area contributed by atoms with Crippen LogP contribution in [0.4, 0.5) is 9.52 Å². The van der Waals surface area contributed by atoms with Crippen LogP contribution in [0.3, 0.4) is 0 Å². The number of benzene rings is 2. The Bertz CT molecular complexity index is 1310. The minimum atomic E-state index is -0.395. The van der Waals surface area contributed by atoms with Crippen molar-refractivity contribution >= 4 is 28.3 Å². The first-order valence-corrected chi connectivity index (χ1v) is 11.8. The first-order chi connectivity index (χ1) is 16.5. The van der Waals surface area contributed by atoms with E-state index in [0.717, 1.165) is 24.2 Å². The largest absolute Gasteiger partial charge is 0.454 e. The summed E-state index contributed by atoms with van der Waals surface area (Å²) in [5.74, 6) is 0.464. The fourth-order valence-electron chi connectivity index (χ4n) is 4.90. The second-order valence-electron chi connectivity index (χ2n) is 8.65. The van der Waals surface area contributed by atoms with Gasteiger partial charge in [-0.15, -0.1) is 0 Å². The predicted octanol–water partition coefficient (Wildman–Crippen LogP) is 3.29. The average molecular weight is 481 g/mol. The number of carbonyl (C=O) groups excluding carboxylic acids is 2. The van der Waals surface area contributed by atoms with Crippen LogP contribution in [0.2, 0.25) is 0 Å². The van der Waals surface area contributed by atoms with Crippen molar-refractivity contribution < 1.29 is 23.5 Å². The van der Waals surface area contributed by atoms with Gasteiger partial charge < -0.3 is 25.4 Å². The zero-order chi connectivity index (χ0) is 23.4. The summed E-state index contributed by atoms with van der Waals surface area (Å²) >= 11 is 1.16. The van der Waals surface area contributed by atoms with E-state index in [-0.39, 0.29) is 41.5 Å². The average Bonchev–Trinajstić information content (AvgIpc) is 3.18. The number of rotatable bonds is 5. The van der Waals surface area contributed by atoms with Crippen LogP contribution in [0.1, 0.15) is 33.7 Å². The number of para-hydroxylation sites is 1. The summed E-state index contributed by atoms with van der Waals surface area (Å²) in [6, 6.07) is 11.2. The second-order valence-corrected chi connectivity index (χ2v) is 9.69. The number of ether oxygens (including phenoxy) is 2. The summed E-state index contributed by atoms with van der Waals surface area (Å²) in [6.45, 7) is 0.384. The zero-order valence-corrected chi connectivity index (χ0v) is 18.8. The Balaban J connectivity index is 1.22. The standard InChI is InChI=1S/C24H21FN4O4S/c25-14-4-1-3-12(7-14)21-19(28-24(26)34-21)23(31)29-15(8-13-9-17(13)29)10-27-22(30)16-5-2-6-18-20(16)33-11-32-18/h1-7,13,15,17H,8-11H2,(H2,26,28)(H,27,30)/t13?,15-,17?/m0/s1. The molecule has 3 atom stereocenters. The summed E-state index contributed by atoms with van der Waals surface area (Å²) in [7, 11) is 0. The molecule has 1 saturated heterocycles. The van der Waals surface area contributed by atoms with Gasteiger partial charge in [-0.05, 0) is 48.6 Å². The number of thiazole rings is 1. The lowest BCUT2D eigenvalue weighted by atomic mass is 10.1. The van der Waals surface area contributed by atoms with Gasteiger partial charge in [0, 0.05) is 12.6 Å². The van der Waals surface area contributed by atoms with E-state index >= 15 is 0 Å². The summed E-state index contributed by atoms with van der Waals surface area (Å²) in [4.78, 5) is 33.1. The molecule has 6 rings (SSSR count). The fraction of sp³-hybridized carbons (Fsp3) is 0.292. The highest BCUT2D eigenvalue weighted by atomic mass is 32.1. The Morgan fingerprint density at radius 3 is 2.91 bits per heavy atom. The van der Waals surface area contributed by atoms with E-state index in [1.54, 1.807) is 30.3 Å². The van der Waals surface area contributed by atoms with E-state index in [9.17, 15) is 14.0 Å². The van der Waals surface area contributed by atoms with Crippen molar-refractivity contribution in [3.63, 3.8) is 0 Å². The number of halogens is 1. The maximum Gasteiger partial charge on any atom is 0.274 e. The van der Waals surface area contributed by atoms with Crippen LogP contribution in [-0.4, -0.2) is 47.1 Å². The number of anilines is 1. The molecule has 34 heavy (non-hydrogen) atoms. The van der Waals surface area contributed by atoms with Gasteiger partial charge in [0.15, 0.2) is 16.6 Å². The highest BCUT2D eigenvalue weighted by molar-refractivity contribution is 7.19. The minimum Gasteiger partial charge on any atom is -0.454 e. The van der Waals surface area contributed by atoms with Crippen molar-refractivity contribution in [2.75, 3.05) is 19.1 Å². The molecule has 2 aromatic carbocycles. The lowest BCUT2D eigenvalue weighted by molar-refractivity contribution is 0.0684. The minimum absolute atomic E-state index is 0.0817. The highest BCUT2D eigenvalue weighted by Crippen LogP contribution is 2.49. The van der Waals surface area contributed by atoms with E-state index in [1.807, 2.05) is 4.90 Å². The van der Waals surface area contributed by atoms with Crippen LogP contribution >= 0.6 is 11.3 Å². The summed E-state index contributed by atoms with van der Waals surface area (Å²) in [5, 5.41) is 3.20. The molecule has 0 bridgehead atoms. The Kier molecular flexibility index (Phi) is 4.91. The number of fused-ring (bicyclic) bond motifs is 2. The maximum atomic E-state index is 13.8. The lowest BCUT2D eigenvalue weighted by Crippen LogP contribution is -2.45. The van der Waals surface area contributed by atoms with Crippen LogP contribution in [0.5, 0.6) is 11.5 Å². The van der Waals surface area contributed by atoms with Gasteiger partial charge in [0.25, 0.3) is 11.8 Å². The number of piperidine rings is 1. The van der Waals surface area contributed by atoms with Crippen LogP contribution in [-0.2, 0) is 0 Å². The number of hydrogen-bond acceptors (Lipinski definition) is 7. The molecule has 1 aromatic heterocycles. The highest BCUT2D eigenvalue weighted by Gasteiger charge is 2.54. The van der Waals surface area contributed by atoms with E-state index in [0.29, 0.717) is 40.0 Å². The van der Waals surface area contributed by atoms with Crippen molar-refractivity contribution in [3.8, 4) is 21.9 Å². The molecule has 3 heterocycles. The van der Waals surface area contributed by atoms with Crippen molar-refractivity contribution in [1.29, 1.82) is 0 Å². The van der Waals surface area contributed by atoms with Crippen molar-refractivity contribution in [3.05, 3.63) is 59.5 Å². The van der Waals surface area contributed by atoms with Gasteiger partial charge in [0.1, 0.15) is 11.5 Å². The summed E-state index contributed by atoms with van der Waals surface area (Å²) in [5.41, 5.74) is 7.13. The molecule has 2 amide bonds. The van der Waals surface area contributed by atoms with Gasteiger partial charge in [-0.1, -0.05) is 29.5 Å². The number of hydrogen-bond donors (Lipinski definition) is 2. The van der Waals surface area contributed by atoms with Gasteiger partial charge in [-0.3, -0.25) is 9.59 Å². The molecule has 0 radical (unpaired) electrons. The number of aromatic nitrogens is 1. The van der Waals surface area contributed by atoms with Gasteiger partial charge in [0.05, 0.1) is 16.5 Å². The lowest BCUT2D eigenvalue weighted by Gasteiger charge is -2.27. The predicted molar refractivity (Wildman–Crippen MR) is 123 cm³/mol. The Hall–Kier alpha value is -3.66. The fourth-order valence-corrected chi connectivity index (χ4v) is 5.72. The smallest absolute Gasteiger partial charge is 0.274 e. The van der Waals surface area contributed by atoms with Crippen molar-refractivity contribution in [2.45, 2.75) is 24.9 Å². The van der Waals surface area contributed by atoms with E-state index in [2.05, 4.69) is 10.3 Å². The normalized spacial score (nSPS) is 21.9. The molecule has 2 fully saturated rings. The van der Waals surface area contributed by atoms with Gasteiger partial charge in [-0.2, -0.15) is 0 Å². The number of nitrogens with two attached hydrogens (primary N) is 1. The summed E-state index contributed by atoms with van der Waals surface area (Å²) in [6.07, 6.45) is 1.74. The maximum absolute atomic E-state index is 13.8. The SMILES string of the molecule is Nc1nc(C(=O)N2C3CC3C[C@H]2CNC(=O)c2cccc3c2OCO3)c(-c2cccc(F)c2)s1. The van der Waals surface area contributed by atoms with Gasteiger partial charge >= 0.3 is 0 Å². The molecule has 1 aliphatic carbocycles. The van der Waals surface area contributed by atoms with Crippen molar-refractivity contribution in [1.82, 2.24) is 15.2 Å². The Labute approximate surface area is 198 Å². The molecule has 3 N–H and O–H groups in total. The van der Waals surface area contributed by atoms with Crippen LogP contribution in [0.25, 0.3) is 10.4 Å². The number of carbonyl (C=O) groups is 2. The molecular weight excluding hydrogens is 459 g/mol. The van der Waals surface area contributed by atoms with Gasteiger partial charge in [0.2, 0.25) is 6.79 Å². The molecule has 3 aliphatic rings. The number of amides is 2. The quantitative estimate of drug-likeness (QED) is 0.581. The molecule has 3 aromatic rings. The van der Waals surface area contributed by atoms with E-state index < -0.39 is 5.82 Å². The van der Waals surface area contributed by atoms with Crippen LogP contribution in [0.15, 0.2) is 42.5 Å². The molecule has 0 spiro atoms. The number of nitrogens with one attached hydrogen (secondary N) is 1. The van der Waals surface area contributed by atoms with Crippen LogP contribution in [0, 0.1) is 11.7 Å². The van der Waals surface area contributed by atoms with Crippen molar-refractivity contribution in [2.24, 2.45) is 5.92 Å². The Morgan fingerprint density at radius 2 is 2.06 bits per heavy atom. The van der Waals surface area contributed by atoms with E-state index in [1.165, 1.54) is 12.1 Å². The Morgan fingerprint density at radius 1 is 1.21 bits per heavy atom. The number of nitrogens with zero attached hydrogens (tertiary/aromatic N) is 2. The van der Waals surface area contributed by atoms with Crippen LogP contribution < -0.4 is 20.5 Å². The summed E-state index contributed by atoms with van der Waals surface area (Å²) < 4.78 is 24.6. The monoisotopic (exact) mass is 480 g/mol. The molecule has 10 heteroatoms. The van der Waals surface area contributed by atoms with E-state index in [4.69, 9.17) is 15.2 Å². The second kappa shape index (κ2) is 7.98. The third kappa shape index (κ3) is 3.54. The molecule has 1 saturated carbocycles. The third-order valence-electron chi connectivity index (χ3n) is 6.52. The first-order valence-electron chi connectivity index (χ1n) is 11.0. The molecular formula is C24H21FN4O4S. The van der Waals surface area contributed by atoms with Gasteiger partial charge in [-0.25, -0.2) is 9.37 Å². The third-order valence-corrected chi connectivity index (χ3v) is 7.45. The zero-order valence-electron chi connectivity index (χ0n) is 18.0. The first kappa shape index (κ1) is 20.9. The number of nitrogen functional groups attached to an aromatic ring is 1. The molecule has 2 aliphatic heterocycles. The molecule has 2 unspecified atom stereocenters. The topological polar surface area (TPSA) is 107 Å². The molecule has 8 nitrogen and oxygen atoms in total. The number of likely N-dealkylation sites (tertiary alicyclic amines) is 1.